The van der Waals surface area contributed by atoms with Crippen molar-refractivity contribution in [2.45, 2.75) is 70.4 Å². The maximum absolute atomic E-state index is 12.4. The Balaban J connectivity index is 2.26. The number of carboxylic acid groups (broad SMARTS) is 1. The summed E-state index contributed by atoms with van der Waals surface area (Å²) in [5, 5.41) is 50.8. The Morgan fingerprint density at radius 1 is 0.750 bits per heavy atom. The third-order valence-corrected chi connectivity index (χ3v) is 5.14. The van der Waals surface area contributed by atoms with Crippen molar-refractivity contribution in [3.8, 4) is 23.5 Å². The number of aliphatic carboxylic acids is 1. The molecule has 2 heterocycles. The number of nitrogens with zero attached hydrogens (tertiary/aromatic N) is 2. The maximum Gasteiger partial charge on any atom is 0.351 e. The molecule has 0 fully saturated rings. The Hall–Kier alpha value is -2.77. The molecule has 2 aromatic rings. The fourth-order valence-corrected chi connectivity index (χ4v) is 3.72. The fraction of sp³-hybridized carbons (Fsp3) is 0.550. The largest absolute Gasteiger partial charge is 0.494 e. The van der Waals surface area contributed by atoms with E-state index in [2.05, 4.69) is 6.92 Å². The summed E-state index contributed by atoms with van der Waals surface area (Å²) in [5.41, 5.74) is -2.10. The molecule has 156 valence electrons. The third kappa shape index (κ3) is 4.21. The molecule has 0 atom stereocenters. The Morgan fingerprint density at radius 2 is 1.11 bits per heavy atom. The fourth-order valence-electron chi connectivity index (χ4n) is 3.72. The number of unbranched alkanes of at least 4 members (excludes halogenated alkanes) is 7. The Labute approximate surface area is 164 Å². The smallest absolute Gasteiger partial charge is 0.351 e. The normalized spacial score (nSPS) is 11.8. The zero-order valence-corrected chi connectivity index (χ0v) is 16.2. The summed E-state index contributed by atoms with van der Waals surface area (Å²) in [6.07, 6.45) is 7.88. The number of aromatic hydroxyl groups is 4. The molecular formula is C20H30N2O6. The van der Waals surface area contributed by atoms with Crippen molar-refractivity contribution in [2.24, 2.45) is 0 Å². The van der Waals surface area contributed by atoms with Crippen LogP contribution in [-0.2, 0) is 10.5 Å². The highest BCUT2D eigenvalue weighted by atomic mass is 16.4. The molecule has 2 aromatic heterocycles. The molecular weight excluding hydrogens is 364 g/mol. The molecule has 0 unspecified atom stereocenters. The Morgan fingerprint density at radius 3 is 1.46 bits per heavy atom. The van der Waals surface area contributed by atoms with Crippen LogP contribution in [0.5, 0.6) is 23.5 Å². The van der Waals surface area contributed by atoms with Gasteiger partial charge in [0.15, 0.2) is 23.5 Å². The first-order valence-electron chi connectivity index (χ1n) is 9.80. The molecule has 0 aliphatic rings. The van der Waals surface area contributed by atoms with E-state index in [9.17, 15) is 30.3 Å². The van der Waals surface area contributed by atoms with E-state index >= 15 is 0 Å². The second kappa shape index (κ2) is 9.43. The van der Waals surface area contributed by atoms with Gasteiger partial charge in [-0.1, -0.05) is 51.9 Å². The summed E-state index contributed by atoms with van der Waals surface area (Å²) >= 11 is 0. The van der Waals surface area contributed by atoms with Crippen LogP contribution in [0.3, 0.4) is 0 Å². The van der Waals surface area contributed by atoms with E-state index < -0.39 is 35.2 Å². The van der Waals surface area contributed by atoms with Gasteiger partial charge < -0.3 is 25.5 Å². The lowest BCUT2D eigenvalue weighted by atomic mass is 9.99. The number of hydrogen-bond donors (Lipinski definition) is 5. The standard InChI is InChI=1S/C20H30N2O6/c1-2-3-4-5-6-7-8-9-14-20(19(27)28,21-15(23)10-11-16(21)24)22-17(25)12-13-18(22)26/h10-13,23-26H,2-9,14H2,1H3,(H,27,28). The molecule has 5 N–H and O–H groups in total. The van der Waals surface area contributed by atoms with Crippen LogP contribution in [-0.4, -0.2) is 40.6 Å². The van der Waals surface area contributed by atoms with Gasteiger partial charge in [0, 0.05) is 30.7 Å². The lowest BCUT2D eigenvalue weighted by molar-refractivity contribution is -0.151. The molecule has 8 nitrogen and oxygen atoms in total. The Kier molecular flexibility index (Phi) is 7.25. The van der Waals surface area contributed by atoms with Crippen molar-refractivity contribution >= 4 is 5.97 Å². The van der Waals surface area contributed by atoms with Crippen LogP contribution in [0.15, 0.2) is 24.3 Å². The first-order chi connectivity index (χ1) is 13.4. The highest BCUT2D eigenvalue weighted by Crippen LogP contribution is 2.41. The maximum atomic E-state index is 12.4. The summed E-state index contributed by atoms with van der Waals surface area (Å²) in [6.45, 7) is 2.16. The predicted octanol–water partition coefficient (Wildman–Crippen LogP) is 3.93. The van der Waals surface area contributed by atoms with Crippen LogP contribution in [0.4, 0.5) is 0 Å². The van der Waals surface area contributed by atoms with Gasteiger partial charge in [0.2, 0.25) is 5.66 Å². The van der Waals surface area contributed by atoms with Crippen LogP contribution >= 0.6 is 0 Å². The average molecular weight is 394 g/mol. The van der Waals surface area contributed by atoms with Gasteiger partial charge in [0.25, 0.3) is 0 Å². The van der Waals surface area contributed by atoms with Gasteiger partial charge in [-0.15, -0.1) is 0 Å². The predicted molar refractivity (Wildman–Crippen MR) is 104 cm³/mol. The van der Waals surface area contributed by atoms with Crippen LogP contribution < -0.4 is 0 Å². The minimum absolute atomic E-state index is 0.0388. The van der Waals surface area contributed by atoms with Gasteiger partial charge in [-0.05, 0) is 6.42 Å². The zero-order chi connectivity index (χ0) is 20.7. The number of rotatable bonds is 12. The highest BCUT2D eigenvalue weighted by Gasteiger charge is 2.47. The first kappa shape index (κ1) is 21.5. The second-order valence-electron chi connectivity index (χ2n) is 7.12. The summed E-state index contributed by atoms with van der Waals surface area (Å²) in [4.78, 5) is 12.4. The van der Waals surface area contributed by atoms with Gasteiger partial charge in [0.05, 0.1) is 0 Å². The molecule has 0 saturated heterocycles. The molecule has 0 amide bonds. The van der Waals surface area contributed by atoms with E-state index in [1.807, 2.05) is 0 Å². The zero-order valence-electron chi connectivity index (χ0n) is 16.2. The number of aromatic nitrogens is 2. The summed E-state index contributed by atoms with van der Waals surface area (Å²) in [5.74, 6) is -3.34. The van der Waals surface area contributed by atoms with Crippen LogP contribution in [0.2, 0.25) is 0 Å². The van der Waals surface area contributed by atoms with Crippen LogP contribution in [0.1, 0.15) is 64.7 Å². The van der Waals surface area contributed by atoms with Gasteiger partial charge in [-0.2, -0.15) is 0 Å². The minimum atomic E-state index is -2.10. The molecule has 0 saturated carbocycles. The van der Waals surface area contributed by atoms with Crippen molar-refractivity contribution < 1.29 is 30.3 Å². The molecule has 0 aliphatic carbocycles. The van der Waals surface area contributed by atoms with Crippen molar-refractivity contribution in [1.82, 2.24) is 9.13 Å². The van der Waals surface area contributed by atoms with Crippen molar-refractivity contribution in [3.63, 3.8) is 0 Å². The molecule has 0 bridgehead atoms. The summed E-state index contributed by atoms with van der Waals surface area (Å²) in [7, 11) is 0. The molecule has 28 heavy (non-hydrogen) atoms. The molecule has 2 rings (SSSR count). The van der Waals surface area contributed by atoms with E-state index in [4.69, 9.17) is 0 Å². The van der Waals surface area contributed by atoms with E-state index in [0.717, 1.165) is 34.8 Å². The molecule has 0 aromatic carbocycles. The van der Waals surface area contributed by atoms with Gasteiger partial charge in [-0.3, -0.25) is 0 Å². The average Bonchev–Trinajstić information content (AvgIpc) is 3.16. The molecule has 0 aliphatic heterocycles. The highest BCUT2D eigenvalue weighted by molar-refractivity contribution is 5.78. The van der Waals surface area contributed by atoms with E-state index in [-0.39, 0.29) is 6.42 Å². The van der Waals surface area contributed by atoms with Crippen molar-refractivity contribution in [1.29, 1.82) is 0 Å². The minimum Gasteiger partial charge on any atom is -0.494 e. The monoisotopic (exact) mass is 394 g/mol. The van der Waals surface area contributed by atoms with Crippen molar-refractivity contribution in [2.75, 3.05) is 0 Å². The lowest BCUT2D eigenvalue weighted by Gasteiger charge is -2.34. The number of carboxylic acids is 1. The van der Waals surface area contributed by atoms with Gasteiger partial charge in [-0.25, -0.2) is 13.9 Å². The Bertz CT molecular complexity index is 695. The summed E-state index contributed by atoms with van der Waals surface area (Å²) < 4.78 is 1.63. The third-order valence-electron chi connectivity index (χ3n) is 5.14. The van der Waals surface area contributed by atoms with E-state index in [1.54, 1.807) is 0 Å². The molecule has 0 spiro atoms. The molecule has 0 radical (unpaired) electrons. The number of hydrogen-bond acceptors (Lipinski definition) is 5. The van der Waals surface area contributed by atoms with Crippen molar-refractivity contribution in [3.05, 3.63) is 24.3 Å². The van der Waals surface area contributed by atoms with E-state index in [0.29, 0.717) is 6.42 Å². The van der Waals surface area contributed by atoms with Crippen LogP contribution in [0, 0.1) is 0 Å². The topological polar surface area (TPSA) is 128 Å². The lowest BCUT2D eigenvalue weighted by Crippen LogP contribution is -2.47. The quantitative estimate of drug-likeness (QED) is 0.347. The van der Waals surface area contributed by atoms with E-state index in [1.165, 1.54) is 43.5 Å². The first-order valence-corrected chi connectivity index (χ1v) is 9.80. The molecule has 8 heteroatoms. The van der Waals surface area contributed by atoms with Gasteiger partial charge >= 0.3 is 5.97 Å². The van der Waals surface area contributed by atoms with Crippen LogP contribution in [0.25, 0.3) is 0 Å². The summed E-state index contributed by atoms with van der Waals surface area (Å²) in [6, 6.07) is 4.66. The second-order valence-corrected chi connectivity index (χ2v) is 7.12. The van der Waals surface area contributed by atoms with Gasteiger partial charge in [0.1, 0.15) is 0 Å². The SMILES string of the molecule is CCCCCCCCCCC(C(=O)O)(n1c(O)ccc1O)n1c(O)ccc1O. The number of carbonyl (C=O) groups is 1.